The van der Waals surface area contributed by atoms with Crippen LogP contribution < -0.4 is 4.74 Å². The molecule has 0 spiro atoms. The van der Waals surface area contributed by atoms with E-state index in [-0.39, 0.29) is 5.92 Å². The predicted molar refractivity (Wildman–Crippen MR) is 75.6 cm³/mol. The van der Waals surface area contributed by atoms with Gasteiger partial charge in [-0.25, -0.2) is 0 Å². The maximum absolute atomic E-state index is 10.7. The Kier molecular flexibility index (Phi) is 6.36. The molecule has 0 amide bonds. The molecule has 1 aromatic carbocycles. The van der Waals surface area contributed by atoms with Crippen LogP contribution in [0.2, 0.25) is 0 Å². The van der Waals surface area contributed by atoms with Gasteiger partial charge in [-0.15, -0.1) is 0 Å². The zero-order chi connectivity index (χ0) is 14.3. The second kappa shape index (κ2) is 7.79. The standard InChI is InChI=1S/C15H23NO3/c1-12-5-7-14(8-6-12)19-10-4-9-16(3)11-13(2)15(17)18/h5-8,13H,4,9-11H2,1-3H3,(H,17,18). The van der Waals surface area contributed by atoms with E-state index in [0.717, 1.165) is 18.7 Å². The van der Waals surface area contributed by atoms with Crippen molar-refractivity contribution in [3.05, 3.63) is 29.8 Å². The zero-order valence-electron chi connectivity index (χ0n) is 11.9. The molecule has 1 atom stereocenters. The lowest BCUT2D eigenvalue weighted by molar-refractivity contribution is -0.141. The number of nitrogens with zero attached hydrogens (tertiary/aromatic N) is 1. The molecule has 0 fully saturated rings. The normalized spacial score (nSPS) is 12.4. The zero-order valence-corrected chi connectivity index (χ0v) is 11.9. The highest BCUT2D eigenvalue weighted by atomic mass is 16.5. The van der Waals surface area contributed by atoms with Gasteiger partial charge in [-0.2, -0.15) is 0 Å². The molecule has 4 heteroatoms. The Morgan fingerprint density at radius 3 is 2.58 bits per heavy atom. The fourth-order valence-corrected chi connectivity index (χ4v) is 1.80. The molecule has 0 saturated heterocycles. The van der Waals surface area contributed by atoms with Crippen molar-refractivity contribution in [2.45, 2.75) is 20.3 Å². The SMILES string of the molecule is Cc1ccc(OCCCN(C)CC(C)C(=O)O)cc1. The first-order valence-electron chi connectivity index (χ1n) is 6.60. The van der Waals surface area contributed by atoms with Crippen LogP contribution >= 0.6 is 0 Å². The monoisotopic (exact) mass is 265 g/mol. The van der Waals surface area contributed by atoms with Gasteiger partial charge in [0, 0.05) is 13.1 Å². The van der Waals surface area contributed by atoms with Gasteiger partial charge in [-0.05, 0) is 32.5 Å². The predicted octanol–water partition coefficient (Wildman–Crippen LogP) is 2.42. The molecule has 19 heavy (non-hydrogen) atoms. The fourth-order valence-electron chi connectivity index (χ4n) is 1.80. The van der Waals surface area contributed by atoms with E-state index in [9.17, 15) is 4.79 Å². The summed E-state index contributed by atoms with van der Waals surface area (Å²) in [5, 5.41) is 8.82. The lowest BCUT2D eigenvalue weighted by Gasteiger charge is -2.18. The summed E-state index contributed by atoms with van der Waals surface area (Å²) in [6.45, 7) is 5.82. The molecule has 0 bridgehead atoms. The van der Waals surface area contributed by atoms with Crippen molar-refractivity contribution in [3.8, 4) is 5.75 Å². The molecule has 106 valence electrons. The molecule has 1 N–H and O–H groups in total. The number of hydrogen-bond acceptors (Lipinski definition) is 3. The maximum Gasteiger partial charge on any atom is 0.307 e. The second-order valence-electron chi connectivity index (χ2n) is 5.02. The number of carboxylic acids is 1. The summed E-state index contributed by atoms with van der Waals surface area (Å²) in [5.74, 6) is -0.196. The molecule has 4 nitrogen and oxygen atoms in total. The van der Waals surface area contributed by atoms with E-state index < -0.39 is 5.97 Å². The molecule has 1 unspecified atom stereocenters. The van der Waals surface area contributed by atoms with E-state index in [1.165, 1.54) is 5.56 Å². The summed E-state index contributed by atoms with van der Waals surface area (Å²) in [4.78, 5) is 12.8. The third kappa shape index (κ3) is 6.25. The smallest absolute Gasteiger partial charge is 0.307 e. The maximum atomic E-state index is 10.7. The molecule has 0 aromatic heterocycles. The van der Waals surface area contributed by atoms with Crippen LogP contribution in [0, 0.1) is 12.8 Å². The number of carbonyl (C=O) groups is 1. The Balaban J connectivity index is 2.16. The summed E-state index contributed by atoms with van der Waals surface area (Å²) in [7, 11) is 1.94. The highest BCUT2D eigenvalue weighted by Crippen LogP contribution is 2.11. The second-order valence-corrected chi connectivity index (χ2v) is 5.02. The quantitative estimate of drug-likeness (QED) is 0.733. The van der Waals surface area contributed by atoms with Gasteiger partial charge in [0.15, 0.2) is 0 Å². The molecule has 0 aliphatic heterocycles. The molecule has 1 rings (SSSR count). The highest BCUT2D eigenvalue weighted by molar-refractivity contribution is 5.69. The summed E-state index contributed by atoms with van der Waals surface area (Å²) < 4.78 is 5.62. The average Bonchev–Trinajstić information content (AvgIpc) is 2.36. The van der Waals surface area contributed by atoms with E-state index in [4.69, 9.17) is 9.84 Å². The number of rotatable bonds is 8. The molecular formula is C15H23NO3. The lowest BCUT2D eigenvalue weighted by atomic mass is 10.2. The van der Waals surface area contributed by atoms with Gasteiger partial charge in [0.25, 0.3) is 0 Å². The number of hydrogen-bond donors (Lipinski definition) is 1. The van der Waals surface area contributed by atoms with Crippen LogP contribution in [-0.4, -0.2) is 42.7 Å². The molecular weight excluding hydrogens is 242 g/mol. The van der Waals surface area contributed by atoms with Gasteiger partial charge in [0.05, 0.1) is 12.5 Å². The minimum absolute atomic E-state index is 0.331. The number of aryl methyl sites for hydroxylation is 1. The Morgan fingerprint density at radius 2 is 2.00 bits per heavy atom. The third-order valence-electron chi connectivity index (χ3n) is 2.98. The van der Waals surface area contributed by atoms with E-state index >= 15 is 0 Å². The number of ether oxygens (including phenoxy) is 1. The van der Waals surface area contributed by atoms with Gasteiger partial charge in [-0.3, -0.25) is 4.79 Å². The van der Waals surface area contributed by atoms with Crippen molar-refractivity contribution in [1.29, 1.82) is 0 Å². The molecule has 0 aliphatic rings. The van der Waals surface area contributed by atoms with Crippen LogP contribution in [-0.2, 0) is 4.79 Å². The van der Waals surface area contributed by atoms with Crippen LogP contribution in [0.5, 0.6) is 5.75 Å². The van der Waals surface area contributed by atoms with Gasteiger partial charge in [0.1, 0.15) is 5.75 Å². The molecule has 0 radical (unpaired) electrons. The minimum atomic E-state index is -0.747. The number of aliphatic carboxylic acids is 1. The average molecular weight is 265 g/mol. The summed E-state index contributed by atoms with van der Waals surface area (Å²) >= 11 is 0. The summed E-state index contributed by atoms with van der Waals surface area (Å²) in [6, 6.07) is 7.98. The Hall–Kier alpha value is -1.55. The van der Waals surface area contributed by atoms with Crippen LogP contribution in [0.1, 0.15) is 18.9 Å². The van der Waals surface area contributed by atoms with E-state index in [0.29, 0.717) is 13.2 Å². The van der Waals surface area contributed by atoms with Gasteiger partial charge < -0.3 is 14.7 Å². The minimum Gasteiger partial charge on any atom is -0.494 e. The first-order chi connectivity index (χ1) is 8.99. The number of carboxylic acid groups (broad SMARTS) is 1. The van der Waals surface area contributed by atoms with Crippen LogP contribution in [0.15, 0.2) is 24.3 Å². The van der Waals surface area contributed by atoms with Gasteiger partial charge in [-0.1, -0.05) is 24.6 Å². The van der Waals surface area contributed by atoms with E-state index in [1.807, 2.05) is 43.1 Å². The van der Waals surface area contributed by atoms with Crippen molar-refractivity contribution >= 4 is 5.97 Å². The van der Waals surface area contributed by atoms with E-state index in [2.05, 4.69) is 0 Å². The topological polar surface area (TPSA) is 49.8 Å². The lowest BCUT2D eigenvalue weighted by Crippen LogP contribution is -2.30. The van der Waals surface area contributed by atoms with Crippen LogP contribution in [0.4, 0.5) is 0 Å². The first-order valence-corrected chi connectivity index (χ1v) is 6.60. The van der Waals surface area contributed by atoms with Gasteiger partial charge in [0.2, 0.25) is 0 Å². The molecule has 0 saturated carbocycles. The first kappa shape index (κ1) is 15.5. The Morgan fingerprint density at radius 1 is 1.37 bits per heavy atom. The van der Waals surface area contributed by atoms with E-state index in [1.54, 1.807) is 6.92 Å². The molecule has 0 heterocycles. The Labute approximate surface area is 115 Å². The number of benzene rings is 1. The van der Waals surface area contributed by atoms with Gasteiger partial charge >= 0.3 is 5.97 Å². The third-order valence-corrected chi connectivity index (χ3v) is 2.98. The van der Waals surface area contributed by atoms with Crippen molar-refractivity contribution in [3.63, 3.8) is 0 Å². The summed E-state index contributed by atoms with van der Waals surface area (Å²) in [5.41, 5.74) is 1.22. The van der Waals surface area contributed by atoms with Crippen LogP contribution in [0.25, 0.3) is 0 Å². The fraction of sp³-hybridized carbons (Fsp3) is 0.533. The Bertz CT molecular complexity index is 389. The molecule has 1 aromatic rings. The highest BCUT2D eigenvalue weighted by Gasteiger charge is 2.12. The van der Waals surface area contributed by atoms with Crippen molar-refractivity contribution < 1.29 is 14.6 Å². The van der Waals surface area contributed by atoms with Crippen LogP contribution in [0.3, 0.4) is 0 Å². The summed E-state index contributed by atoms with van der Waals surface area (Å²) in [6.07, 6.45) is 0.886. The van der Waals surface area contributed by atoms with Crippen molar-refractivity contribution in [2.24, 2.45) is 5.92 Å². The van der Waals surface area contributed by atoms with Crippen molar-refractivity contribution in [1.82, 2.24) is 4.90 Å². The molecule has 0 aliphatic carbocycles. The largest absolute Gasteiger partial charge is 0.494 e. The van der Waals surface area contributed by atoms with Crippen molar-refractivity contribution in [2.75, 3.05) is 26.7 Å².